The SMILES string of the molecule is C[C@@H]1CC(=O)Nc2cc(S(=O)(=O)NCc3ccc4c(c3)OCO4)ccc2S1. The van der Waals surface area contributed by atoms with Crippen molar-refractivity contribution in [3.8, 4) is 11.5 Å². The molecule has 2 aromatic carbocycles. The Balaban J connectivity index is 1.53. The lowest BCUT2D eigenvalue weighted by Crippen LogP contribution is -2.23. The molecule has 2 aliphatic heterocycles. The van der Waals surface area contributed by atoms with Crippen molar-refractivity contribution in [3.05, 3.63) is 42.0 Å². The minimum absolute atomic E-state index is 0.109. The maximum absolute atomic E-state index is 12.7. The van der Waals surface area contributed by atoms with Crippen LogP contribution in [0.15, 0.2) is 46.2 Å². The molecule has 0 bridgehead atoms. The fourth-order valence-corrected chi connectivity index (χ4v) is 5.01. The average molecular weight is 406 g/mol. The lowest BCUT2D eigenvalue weighted by molar-refractivity contribution is -0.116. The van der Waals surface area contributed by atoms with Crippen molar-refractivity contribution in [1.82, 2.24) is 4.72 Å². The van der Waals surface area contributed by atoms with Gasteiger partial charge in [0, 0.05) is 23.1 Å². The number of hydrogen-bond donors (Lipinski definition) is 2. The maximum atomic E-state index is 12.7. The number of ether oxygens (including phenoxy) is 2. The summed E-state index contributed by atoms with van der Waals surface area (Å²) in [7, 11) is -3.73. The molecule has 27 heavy (non-hydrogen) atoms. The third-order valence-corrected chi connectivity index (χ3v) is 6.82. The Morgan fingerprint density at radius 3 is 2.85 bits per heavy atom. The van der Waals surface area contributed by atoms with Crippen LogP contribution < -0.4 is 19.5 Å². The number of anilines is 1. The molecule has 0 saturated heterocycles. The molecule has 1 atom stereocenters. The van der Waals surface area contributed by atoms with E-state index in [1.54, 1.807) is 42.1 Å². The van der Waals surface area contributed by atoms with Gasteiger partial charge >= 0.3 is 0 Å². The largest absolute Gasteiger partial charge is 0.454 e. The van der Waals surface area contributed by atoms with Gasteiger partial charge in [-0.25, -0.2) is 13.1 Å². The van der Waals surface area contributed by atoms with E-state index in [-0.39, 0.29) is 29.4 Å². The molecule has 0 unspecified atom stereocenters. The van der Waals surface area contributed by atoms with Crippen LogP contribution in [-0.2, 0) is 21.4 Å². The maximum Gasteiger partial charge on any atom is 0.240 e. The van der Waals surface area contributed by atoms with Gasteiger partial charge in [0.15, 0.2) is 11.5 Å². The summed E-state index contributed by atoms with van der Waals surface area (Å²) in [6, 6.07) is 10.1. The van der Waals surface area contributed by atoms with Crippen LogP contribution in [0.25, 0.3) is 0 Å². The quantitative estimate of drug-likeness (QED) is 0.811. The van der Waals surface area contributed by atoms with Crippen LogP contribution in [0.5, 0.6) is 11.5 Å². The molecule has 1 amide bonds. The predicted octanol–water partition coefficient (Wildman–Crippen LogP) is 2.72. The first-order chi connectivity index (χ1) is 12.9. The number of hydrogen-bond acceptors (Lipinski definition) is 6. The number of carbonyl (C=O) groups excluding carboxylic acids is 1. The molecule has 7 nitrogen and oxygen atoms in total. The number of amides is 1. The van der Waals surface area contributed by atoms with E-state index in [4.69, 9.17) is 9.47 Å². The van der Waals surface area contributed by atoms with Crippen molar-refractivity contribution in [1.29, 1.82) is 0 Å². The summed E-state index contributed by atoms with van der Waals surface area (Å²) in [5, 5.41) is 2.92. The molecule has 0 spiro atoms. The molecule has 0 saturated carbocycles. The number of benzene rings is 2. The number of fused-ring (bicyclic) bond motifs is 2. The average Bonchev–Trinajstić information content (AvgIpc) is 3.03. The highest BCUT2D eigenvalue weighted by Crippen LogP contribution is 2.36. The van der Waals surface area contributed by atoms with E-state index in [1.807, 2.05) is 6.92 Å². The Morgan fingerprint density at radius 2 is 2.00 bits per heavy atom. The fourth-order valence-electron chi connectivity index (χ4n) is 2.91. The smallest absolute Gasteiger partial charge is 0.240 e. The van der Waals surface area contributed by atoms with Crippen LogP contribution >= 0.6 is 11.8 Å². The monoisotopic (exact) mass is 406 g/mol. The normalized spacial score (nSPS) is 18.6. The summed E-state index contributed by atoms with van der Waals surface area (Å²) < 4.78 is 38.5. The molecule has 4 rings (SSSR count). The van der Waals surface area contributed by atoms with E-state index in [1.165, 1.54) is 6.07 Å². The molecule has 0 aromatic heterocycles. The summed E-state index contributed by atoms with van der Waals surface area (Å²) in [5.41, 5.74) is 1.29. The Labute approximate surface area is 161 Å². The number of sulfonamides is 1. The second kappa shape index (κ2) is 7.06. The van der Waals surface area contributed by atoms with Crippen molar-refractivity contribution >= 4 is 33.4 Å². The van der Waals surface area contributed by atoms with Gasteiger partial charge in [-0.15, -0.1) is 11.8 Å². The second-order valence-electron chi connectivity index (χ2n) is 6.35. The number of thioether (sulfide) groups is 1. The molecular weight excluding hydrogens is 388 g/mol. The van der Waals surface area contributed by atoms with Gasteiger partial charge in [0.05, 0.1) is 10.6 Å². The minimum Gasteiger partial charge on any atom is -0.454 e. The van der Waals surface area contributed by atoms with Crippen LogP contribution in [0.2, 0.25) is 0 Å². The molecule has 0 aliphatic carbocycles. The van der Waals surface area contributed by atoms with E-state index in [2.05, 4.69) is 10.0 Å². The van der Waals surface area contributed by atoms with Crippen molar-refractivity contribution in [2.24, 2.45) is 0 Å². The van der Waals surface area contributed by atoms with Crippen LogP contribution in [0, 0.1) is 0 Å². The summed E-state index contributed by atoms with van der Waals surface area (Å²) in [6.07, 6.45) is 0.393. The zero-order valence-corrected chi connectivity index (χ0v) is 16.2. The van der Waals surface area contributed by atoms with Gasteiger partial charge in [-0.2, -0.15) is 0 Å². The Bertz CT molecular complexity index is 1010. The number of rotatable bonds is 4. The second-order valence-corrected chi connectivity index (χ2v) is 9.60. The molecule has 142 valence electrons. The first-order valence-corrected chi connectivity index (χ1v) is 10.8. The van der Waals surface area contributed by atoms with E-state index in [9.17, 15) is 13.2 Å². The highest BCUT2D eigenvalue weighted by Gasteiger charge is 2.22. The zero-order valence-electron chi connectivity index (χ0n) is 14.5. The first kappa shape index (κ1) is 18.1. The molecule has 2 aromatic rings. The van der Waals surface area contributed by atoms with Crippen LogP contribution in [0.4, 0.5) is 5.69 Å². The predicted molar refractivity (Wildman–Crippen MR) is 102 cm³/mol. The number of carbonyl (C=O) groups is 1. The van der Waals surface area contributed by atoms with Crippen molar-refractivity contribution < 1.29 is 22.7 Å². The highest BCUT2D eigenvalue weighted by atomic mass is 32.2. The fraction of sp³-hybridized carbons (Fsp3) is 0.278. The molecule has 2 N–H and O–H groups in total. The molecule has 0 radical (unpaired) electrons. The summed E-state index contributed by atoms with van der Waals surface area (Å²) in [4.78, 5) is 12.9. The third kappa shape index (κ3) is 3.90. The summed E-state index contributed by atoms with van der Waals surface area (Å²) >= 11 is 1.55. The Morgan fingerprint density at radius 1 is 1.19 bits per heavy atom. The van der Waals surface area contributed by atoms with Gasteiger partial charge in [-0.05, 0) is 35.9 Å². The van der Waals surface area contributed by atoms with Crippen LogP contribution in [0.3, 0.4) is 0 Å². The van der Waals surface area contributed by atoms with Gasteiger partial charge in [0.2, 0.25) is 22.7 Å². The zero-order chi connectivity index (χ0) is 19.0. The van der Waals surface area contributed by atoms with Crippen molar-refractivity contribution in [3.63, 3.8) is 0 Å². The molecule has 2 aliphatic rings. The first-order valence-electron chi connectivity index (χ1n) is 8.39. The van der Waals surface area contributed by atoms with Crippen molar-refractivity contribution in [2.45, 2.75) is 34.9 Å². The van der Waals surface area contributed by atoms with Gasteiger partial charge in [0.1, 0.15) is 0 Å². The van der Waals surface area contributed by atoms with E-state index >= 15 is 0 Å². The molecule has 0 fully saturated rings. The summed E-state index contributed by atoms with van der Waals surface area (Å²) in [6.45, 7) is 2.26. The van der Waals surface area contributed by atoms with E-state index in [0.717, 1.165) is 10.5 Å². The van der Waals surface area contributed by atoms with E-state index in [0.29, 0.717) is 23.6 Å². The topological polar surface area (TPSA) is 93.7 Å². The Kier molecular flexibility index (Phi) is 4.75. The van der Waals surface area contributed by atoms with Gasteiger partial charge < -0.3 is 14.8 Å². The summed E-state index contributed by atoms with van der Waals surface area (Å²) in [5.74, 6) is 1.14. The van der Waals surface area contributed by atoms with Gasteiger partial charge in [-0.3, -0.25) is 4.79 Å². The molecular formula is C18H18N2O5S2. The Hall–Kier alpha value is -2.23. The van der Waals surface area contributed by atoms with Crippen molar-refractivity contribution in [2.75, 3.05) is 12.1 Å². The highest BCUT2D eigenvalue weighted by molar-refractivity contribution is 8.00. The van der Waals surface area contributed by atoms with Crippen LogP contribution in [0.1, 0.15) is 18.9 Å². The van der Waals surface area contributed by atoms with Gasteiger partial charge in [-0.1, -0.05) is 13.0 Å². The lowest BCUT2D eigenvalue weighted by Gasteiger charge is -2.11. The minimum atomic E-state index is -3.73. The lowest BCUT2D eigenvalue weighted by atomic mass is 10.2. The molecule has 9 heteroatoms. The molecule has 2 heterocycles. The van der Waals surface area contributed by atoms with Crippen LogP contribution in [-0.4, -0.2) is 26.4 Å². The standard InChI is InChI=1S/C18H18N2O5S2/c1-11-6-18(21)20-14-8-13(3-5-17(14)26-11)27(22,23)19-9-12-2-4-15-16(7-12)25-10-24-15/h2-5,7-8,11,19H,6,9-10H2,1H3,(H,20,21)/t11-/m1/s1. The van der Waals surface area contributed by atoms with E-state index < -0.39 is 10.0 Å². The van der Waals surface area contributed by atoms with Gasteiger partial charge in [0.25, 0.3) is 0 Å². The third-order valence-electron chi connectivity index (χ3n) is 4.24. The number of nitrogens with one attached hydrogen (secondary N) is 2.